The maximum absolute atomic E-state index is 11.3. The van der Waals surface area contributed by atoms with E-state index < -0.39 is 6.10 Å². The first-order valence-electron chi connectivity index (χ1n) is 5.60. The summed E-state index contributed by atoms with van der Waals surface area (Å²) in [5.41, 5.74) is 0. The smallest absolute Gasteiger partial charge is 0.220 e. The fourth-order valence-corrected chi connectivity index (χ4v) is 2.22. The van der Waals surface area contributed by atoms with Gasteiger partial charge in [0, 0.05) is 17.3 Å². The van der Waals surface area contributed by atoms with Crippen LogP contribution in [0.3, 0.4) is 0 Å². The highest BCUT2D eigenvalue weighted by atomic mass is 32.1. The van der Waals surface area contributed by atoms with Crippen molar-refractivity contribution in [2.75, 3.05) is 0 Å². The molecule has 0 spiro atoms. The Morgan fingerprint density at radius 1 is 1.56 bits per heavy atom. The summed E-state index contributed by atoms with van der Waals surface area (Å²) < 4.78 is 0. The van der Waals surface area contributed by atoms with Crippen molar-refractivity contribution in [2.45, 2.75) is 45.3 Å². The third-order valence-electron chi connectivity index (χ3n) is 2.20. The second-order valence-corrected chi connectivity index (χ2v) is 5.12. The average molecular weight is 241 g/mol. The number of aliphatic hydroxyl groups excluding tert-OH is 1. The van der Waals surface area contributed by atoms with Gasteiger partial charge < -0.3 is 10.4 Å². The van der Waals surface area contributed by atoms with Crippen LogP contribution in [0.4, 0.5) is 0 Å². The summed E-state index contributed by atoms with van der Waals surface area (Å²) in [6.07, 6.45) is 1.43. The van der Waals surface area contributed by atoms with Crippen LogP contribution in [-0.4, -0.2) is 17.1 Å². The molecule has 2 N–H and O–H groups in total. The van der Waals surface area contributed by atoms with Gasteiger partial charge >= 0.3 is 0 Å². The Morgan fingerprint density at radius 3 is 2.88 bits per heavy atom. The number of carbonyl (C=O) groups is 1. The van der Waals surface area contributed by atoms with E-state index in [9.17, 15) is 9.90 Å². The second-order valence-electron chi connectivity index (χ2n) is 4.15. The fourth-order valence-electron chi connectivity index (χ4n) is 1.47. The largest absolute Gasteiger partial charge is 0.388 e. The second kappa shape index (κ2) is 6.66. The van der Waals surface area contributed by atoms with Crippen LogP contribution >= 0.6 is 11.3 Å². The van der Waals surface area contributed by atoms with E-state index in [2.05, 4.69) is 5.32 Å². The molecule has 0 aromatic carbocycles. The third-order valence-corrected chi connectivity index (χ3v) is 3.18. The number of carbonyl (C=O) groups excluding carboxylic acids is 1. The predicted molar refractivity (Wildman–Crippen MR) is 66.4 cm³/mol. The summed E-state index contributed by atoms with van der Waals surface area (Å²) in [6, 6.07) is 4.04. The van der Waals surface area contributed by atoms with Crippen LogP contribution in [0.1, 0.15) is 44.1 Å². The van der Waals surface area contributed by atoms with Crippen molar-refractivity contribution in [3.8, 4) is 0 Å². The van der Waals surface area contributed by atoms with Crippen LogP contribution in [0.25, 0.3) is 0 Å². The number of aliphatic hydroxyl groups is 1. The van der Waals surface area contributed by atoms with Crippen LogP contribution in [0, 0.1) is 0 Å². The minimum absolute atomic E-state index is 0.0633. The molecular formula is C12H19NO2S. The van der Waals surface area contributed by atoms with E-state index in [1.54, 1.807) is 11.3 Å². The lowest BCUT2D eigenvalue weighted by molar-refractivity contribution is -0.121. The predicted octanol–water partition coefficient (Wildman–Crippen LogP) is 2.48. The zero-order chi connectivity index (χ0) is 12.0. The van der Waals surface area contributed by atoms with Crippen molar-refractivity contribution in [2.24, 2.45) is 0 Å². The lowest BCUT2D eigenvalue weighted by Gasteiger charge is -2.10. The van der Waals surface area contributed by atoms with Crippen LogP contribution in [0.15, 0.2) is 17.5 Å². The summed E-state index contributed by atoms with van der Waals surface area (Å²) >= 11 is 1.55. The molecule has 1 aromatic heterocycles. The lowest BCUT2D eigenvalue weighted by atomic mass is 10.1. The van der Waals surface area contributed by atoms with Crippen molar-refractivity contribution < 1.29 is 9.90 Å². The molecule has 16 heavy (non-hydrogen) atoms. The van der Waals surface area contributed by atoms with Gasteiger partial charge in [0.2, 0.25) is 5.91 Å². The maximum Gasteiger partial charge on any atom is 0.220 e. The van der Waals surface area contributed by atoms with E-state index in [0.717, 1.165) is 11.3 Å². The molecule has 0 fully saturated rings. The van der Waals surface area contributed by atoms with Crippen LogP contribution in [-0.2, 0) is 4.79 Å². The molecule has 0 radical (unpaired) electrons. The topological polar surface area (TPSA) is 49.3 Å². The van der Waals surface area contributed by atoms with Gasteiger partial charge in [-0.1, -0.05) is 6.07 Å². The molecule has 4 heteroatoms. The third kappa shape index (κ3) is 4.77. The standard InChI is InChI=1S/C12H19NO2S/c1-9(2)13-12(15)7-3-5-10(14)11-6-4-8-16-11/h4,6,8-10,14H,3,5,7H2,1-2H3,(H,13,15). The molecule has 1 aromatic rings. The summed E-state index contributed by atoms with van der Waals surface area (Å²) in [4.78, 5) is 12.3. The molecule has 1 heterocycles. The van der Waals surface area contributed by atoms with Gasteiger partial charge in [-0.15, -0.1) is 11.3 Å². The van der Waals surface area contributed by atoms with Crippen molar-refractivity contribution in [1.29, 1.82) is 0 Å². The van der Waals surface area contributed by atoms with Crippen molar-refractivity contribution in [3.63, 3.8) is 0 Å². The molecule has 1 amide bonds. The van der Waals surface area contributed by atoms with Crippen molar-refractivity contribution >= 4 is 17.2 Å². The summed E-state index contributed by atoms with van der Waals surface area (Å²) in [5.74, 6) is 0.0633. The van der Waals surface area contributed by atoms with Gasteiger partial charge in [0.1, 0.15) is 0 Å². The number of amides is 1. The first kappa shape index (κ1) is 13.2. The maximum atomic E-state index is 11.3. The Morgan fingerprint density at radius 2 is 2.31 bits per heavy atom. The van der Waals surface area contributed by atoms with Gasteiger partial charge in [0.05, 0.1) is 6.10 Å². The number of rotatable bonds is 6. The van der Waals surface area contributed by atoms with E-state index >= 15 is 0 Å². The molecule has 3 nitrogen and oxygen atoms in total. The van der Waals surface area contributed by atoms with Gasteiger partial charge in [-0.05, 0) is 38.1 Å². The Balaban J connectivity index is 2.18. The van der Waals surface area contributed by atoms with Gasteiger partial charge in [-0.2, -0.15) is 0 Å². The van der Waals surface area contributed by atoms with Crippen LogP contribution in [0.2, 0.25) is 0 Å². The zero-order valence-corrected chi connectivity index (χ0v) is 10.6. The average Bonchev–Trinajstić information content (AvgIpc) is 2.68. The Labute approximate surface area is 100 Å². The summed E-state index contributed by atoms with van der Waals surface area (Å²) in [5, 5.41) is 14.6. The number of nitrogens with one attached hydrogen (secondary N) is 1. The zero-order valence-electron chi connectivity index (χ0n) is 9.77. The molecular weight excluding hydrogens is 222 g/mol. The van der Waals surface area contributed by atoms with E-state index in [1.165, 1.54) is 0 Å². The van der Waals surface area contributed by atoms with E-state index in [0.29, 0.717) is 12.8 Å². The molecule has 1 rings (SSSR count). The molecule has 0 aliphatic heterocycles. The molecule has 0 aliphatic rings. The van der Waals surface area contributed by atoms with E-state index in [4.69, 9.17) is 0 Å². The first-order chi connectivity index (χ1) is 7.59. The normalized spacial score (nSPS) is 12.8. The molecule has 90 valence electrons. The van der Waals surface area contributed by atoms with Gasteiger partial charge in [0.15, 0.2) is 0 Å². The quantitative estimate of drug-likeness (QED) is 0.804. The van der Waals surface area contributed by atoms with E-state index in [-0.39, 0.29) is 11.9 Å². The van der Waals surface area contributed by atoms with Gasteiger partial charge in [0.25, 0.3) is 0 Å². The molecule has 0 saturated carbocycles. The molecule has 0 aliphatic carbocycles. The van der Waals surface area contributed by atoms with Crippen LogP contribution in [0.5, 0.6) is 0 Å². The van der Waals surface area contributed by atoms with Crippen molar-refractivity contribution in [1.82, 2.24) is 5.32 Å². The minimum Gasteiger partial charge on any atom is -0.388 e. The first-order valence-corrected chi connectivity index (χ1v) is 6.48. The Hall–Kier alpha value is -0.870. The molecule has 1 atom stereocenters. The molecule has 0 bridgehead atoms. The fraction of sp³-hybridized carbons (Fsp3) is 0.583. The van der Waals surface area contributed by atoms with Gasteiger partial charge in [-0.3, -0.25) is 4.79 Å². The van der Waals surface area contributed by atoms with Gasteiger partial charge in [-0.25, -0.2) is 0 Å². The van der Waals surface area contributed by atoms with Crippen LogP contribution < -0.4 is 5.32 Å². The highest BCUT2D eigenvalue weighted by Crippen LogP contribution is 2.23. The highest BCUT2D eigenvalue weighted by molar-refractivity contribution is 7.10. The monoisotopic (exact) mass is 241 g/mol. The highest BCUT2D eigenvalue weighted by Gasteiger charge is 2.09. The summed E-state index contributed by atoms with van der Waals surface area (Å²) in [7, 11) is 0. The Bertz CT molecular complexity index is 309. The lowest BCUT2D eigenvalue weighted by Crippen LogP contribution is -2.29. The molecule has 0 saturated heterocycles. The molecule has 1 unspecified atom stereocenters. The number of hydrogen-bond donors (Lipinski definition) is 2. The van der Waals surface area contributed by atoms with Crippen molar-refractivity contribution in [3.05, 3.63) is 22.4 Å². The minimum atomic E-state index is -0.424. The summed E-state index contributed by atoms with van der Waals surface area (Å²) in [6.45, 7) is 3.89. The SMILES string of the molecule is CC(C)NC(=O)CCCC(O)c1cccs1. The Kier molecular flexibility index (Phi) is 5.49. The van der Waals surface area contributed by atoms with E-state index in [1.807, 2.05) is 31.4 Å². The number of thiophene rings is 1. The number of hydrogen-bond acceptors (Lipinski definition) is 3.